The molecule has 112 valence electrons. The van der Waals surface area contributed by atoms with Gasteiger partial charge in [0, 0.05) is 30.9 Å². The van der Waals surface area contributed by atoms with Gasteiger partial charge in [-0.15, -0.1) is 0 Å². The largest absolute Gasteiger partial charge is 0.492 e. The molecule has 1 heterocycles. The van der Waals surface area contributed by atoms with Gasteiger partial charge in [-0.1, -0.05) is 44.2 Å². The lowest BCUT2D eigenvalue weighted by atomic mass is 9.94. The summed E-state index contributed by atoms with van der Waals surface area (Å²) >= 11 is 3.44. The van der Waals surface area contributed by atoms with E-state index in [1.54, 1.807) is 12.4 Å². The molecule has 2 aromatic rings. The van der Waals surface area contributed by atoms with Crippen LogP contribution in [0.5, 0.6) is 5.75 Å². The molecule has 0 saturated carbocycles. The van der Waals surface area contributed by atoms with Crippen molar-refractivity contribution in [3.8, 4) is 5.75 Å². The fourth-order valence-electron chi connectivity index (χ4n) is 1.94. The molecule has 0 saturated heterocycles. The number of ether oxygens (including phenoxy) is 1. The number of hydrogen-bond donors (Lipinski definition) is 1. The SMILES string of the molecule is CC(C)(CNCc1ccccc1)COc1ccncc1Br. The average Bonchev–Trinajstić information content (AvgIpc) is 2.47. The summed E-state index contributed by atoms with van der Waals surface area (Å²) in [7, 11) is 0. The van der Waals surface area contributed by atoms with Crippen molar-refractivity contribution in [3.63, 3.8) is 0 Å². The Balaban J connectivity index is 1.78. The Bertz CT molecular complexity index is 558. The number of aromatic nitrogens is 1. The van der Waals surface area contributed by atoms with Gasteiger partial charge in [-0.3, -0.25) is 4.98 Å². The maximum absolute atomic E-state index is 5.88. The van der Waals surface area contributed by atoms with Gasteiger partial charge in [0.25, 0.3) is 0 Å². The van der Waals surface area contributed by atoms with Gasteiger partial charge < -0.3 is 10.1 Å². The van der Waals surface area contributed by atoms with E-state index in [1.165, 1.54) is 5.56 Å². The minimum atomic E-state index is 0.0531. The molecule has 21 heavy (non-hydrogen) atoms. The fourth-order valence-corrected chi connectivity index (χ4v) is 2.31. The maximum atomic E-state index is 5.88. The minimum absolute atomic E-state index is 0.0531. The number of nitrogens with zero attached hydrogens (tertiary/aromatic N) is 1. The van der Waals surface area contributed by atoms with Gasteiger partial charge in [0.1, 0.15) is 5.75 Å². The van der Waals surface area contributed by atoms with Gasteiger partial charge in [-0.05, 0) is 27.6 Å². The number of halogens is 1. The van der Waals surface area contributed by atoms with Crippen LogP contribution in [0.3, 0.4) is 0 Å². The molecule has 1 aromatic heterocycles. The van der Waals surface area contributed by atoms with Crippen LogP contribution in [0.25, 0.3) is 0 Å². The predicted octanol–water partition coefficient (Wildman–Crippen LogP) is 4.04. The number of hydrogen-bond acceptors (Lipinski definition) is 3. The zero-order valence-corrected chi connectivity index (χ0v) is 14.1. The number of pyridine rings is 1. The van der Waals surface area contributed by atoms with E-state index < -0.39 is 0 Å². The van der Waals surface area contributed by atoms with E-state index in [1.807, 2.05) is 12.1 Å². The van der Waals surface area contributed by atoms with Crippen LogP contribution in [0, 0.1) is 5.41 Å². The van der Waals surface area contributed by atoms with E-state index in [4.69, 9.17) is 4.74 Å². The topological polar surface area (TPSA) is 34.1 Å². The second-order valence-electron chi connectivity index (χ2n) is 5.85. The first kappa shape index (κ1) is 16.0. The van der Waals surface area contributed by atoms with Crippen LogP contribution in [0.4, 0.5) is 0 Å². The lowest BCUT2D eigenvalue weighted by Crippen LogP contribution is -2.34. The van der Waals surface area contributed by atoms with E-state index >= 15 is 0 Å². The van der Waals surface area contributed by atoms with E-state index in [0.717, 1.165) is 23.3 Å². The second kappa shape index (κ2) is 7.57. The molecular formula is C17H21BrN2O. The first-order valence-corrected chi connectivity index (χ1v) is 7.83. The lowest BCUT2D eigenvalue weighted by Gasteiger charge is -2.25. The van der Waals surface area contributed by atoms with Crippen molar-refractivity contribution in [1.29, 1.82) is 0 Å². The van der Waals surface area contributed by atoms with Gasteiger partial charge in [-0.25, -0.2) is 0 Å². The Morgan fingerprint density at radius 2 is 1.95 bits per heavy atom. The molecule has 0 spiro atoms. The van der Waals surface area contributed by atoms with Crippen LogP contribution in [0.15, 0.2) is 53.3 Å². The van der Waals surface area contributed by atoms with Crippen LogP contribution in [-0.4, -0.2) is 18.1 Å². The Hall–Kier alpha value is -1.39. The summed E-state index contributed by atoms with van der Waals surface area (Å²) in [5, 5.41) is 3.49. The quantitative estimate of drug-likeness (QED) is 0.819. The van der Waals surface area contributed by atoms with Gasteiger partial charge in [0.05, 0.1) is 11.1 Å². The Labute approximate surface area is 134 Å². The first-order chi connectivity index (χ1) is 10.1. The van der Waals surface area contributed by atoms with Crippen LogP contribution in [0.1, 0.15) is 19.4 Å². The molecule has 4 heteroatoms. The summed E-state index contributed by atoms with van der Waals surface area (Å²) < 4.78 is 6.76. The highest BCUT2D eigenvalue weighted by atomic mass is 79.9. The highest BCUT2D eigenvalue weighted by Gasteiger charge is 2.19. The summed E-state index contributed by atoms with van der Waals surface area (Å²) in [5.74, 6) is 0.834. The number of benzene rings is 1. The van der Waals surface area contributed by atoms with Gasteiger partial charge in [-0.2, -0.15) is 0 Å². The average molecular weight is 349 g/mol. The molecule has 0 aliphatic rings. The molecule has 0 unspecified atom stereocenters. The number of nitrogens with one attached hydrogen (secondary N) is 1. The van der Waals surface area contributed by atoms with Crippen molar-refractivity contribution in [1.82, 2.24) is 10.3 Å². The summed E-state index contributed by atoms with van der Waals surface area (Å²) in [6, 6.07) is 12.3. The van der Waals surface area contributed by atoms with Crippen molar-refractivity contribution >= 4 is 15.9 Å². The Kier molecular flexibility index (Phi) is 5.76. The fraction of sp³-hybridized carbons (Fsp3) is 0.353. The molecule has 0 aliphatic heterocycles. The van der Waals surface area contributed by atoms with Gasteiger partial charge >= 0.3 is 0 Å². The van der Waals surface area contributed by atoms with Crippen molar-refractivity contribution in [2.75, 3.05) is 13.2 Å². The van der Waals surface area contributed by atoms with Crippen molar-refractivity contribution in [2.24, 2.45) is 5.41 Å². The van der Waals surface area contributed by atoms with E-state index in [-0.39, 0.29) is 5.41 Å². The van der Waals surface area contributed by atoms with Crippen molar-refractivity contribution in [3.05, 3.63) is 58.8 Å². The molecule has 1 aromatic carbocycles. The third-order valence-electron chi connectivity index (χ3n) is 3.13. The zero-order valence-electron chi connectivity index (χ0n) is 12.5. The summed E-state index contributed by atoms with van der Waals surface area (Å²) in [4.78, 5) is 4.03. The third kappa shape index (κ3) is 5.48. The second-order valence-corrected chi connectivity index (χ2v) is 6.70. The smallest absolute Gasteiger partial charge is 0.136 e. The third-order valence-corrected chi connectivity index (χ3v) is 3.72. The lowest BCUT2D eigenvalue weighted by molar-refractivity contribution is 0.175. The molecule has 0 aliphatic carbocycles. The minimum Gasteiger partial charge on any atom is -0.492 e. The normalized spacial score (nSPS) is 11.4. The molecule has 0 amide bonds. The molecule has 2 rings (SSSR count). The highest BCUT2D eigenvalue weighted by Crippen LogP contribution is 2.25. The van der Waals surface area contributed by atoms with Gasteiger partial charge in [0.2, 0.25) is 0 Å². The maximum Gasteiger partial charge on any atom is 0.136 e. The Morgan fingerprint density at radius 1 is 1.19 bits per heavy atom. The molecule has 0 fully saturated rings. The summed E-state index contributed by atoms with van der Waals surface area (Å²) in [5.41, 5.74) is 1.35. The first-order valence-electron chi connectivity index (χ1n) is 7.04. The van der Waals surface area contributed by atoms with Crippen LogP contribution in [0.2, 0.25) is 0 Å². The molecule has 1 N–H and O–H groups in total. The van der Waals surface area contributed by atoms with Crippen LogP contribution in [-0.2, 0) is 6.54 Å². The highest BCUT2D eigenvalue weighted by molar-refractivity contribution is 9.10. The van der Waals surface area contributed by atoms with E-state index in [2.05, 4.69) is 64.3 Å². The molecule has 0 bridgehead atoms. The molecule has 0 radical (unpaired) electrons. The van der Waals surface area contributed by atoms with Crippen molar-refractivity contribution < 1.29 is 4.74 Å². The van der Waals surface area contributed by atoms with Crippen LogP contribution < -0.4 is 10.1 Å². The Morgan fingerprint density at radius 3 is 2.67 bits per heavy atom. The summed E-state index contributed by atoms with van der Waals surface area (Å²) in [6.07, 6.45) is 3.48. The monoisotopic (exact) mass is 348 g/mol. The molecule has 3 nitrogen and oxygen atoms in total. The zero-order chi connectivity index (χ0) is 15.1. The summed E-state index contributed by atoms with van der Waals surface area (Å²) in [6.45, 7) is 6.81. The predicted molar refractivity (Wildman–Crippen MR) is 89.4 cm³/mol. The molecular weight excluding hydrogens is 328 g/mol. The van der Waals surface area contributed by atoms with Crippen LogP contribution >= 0.6 is 15.9 Å². The van der Waals surface area contributed by atoms with E-state index in [0.29, 0.717) is 6.61 Å². The van der Waals surface area contributed by atoms with Gasteiger partial charge in [0.15, 0.2) is 0 Å². The number of rotatable bonds is 7. The molecule has 0 atom stereocenters. The van der Waals surface area contributed by atoms with E-state index in [9.17, 15) is 0 Å². The van der Waals surface area contributed by atoms with Crippen molar-refractivity contribution in [2.45, 2.75) is 20.4 Å². The standard InChI is InChI=1S/C17H21BrN2O/c1-17(2,12-20-10-14-6-4-3-5-7-14)13-21-16-8-9-19-11-15(16)18/h3-9,11,20H,10,12-13H2,1-2H3.